The molecule has 0 bridgehead atoms. The summed E-state index contributed by atoms with van der Waals surface area (Å²) < 4.78 is 12.4. The van der Waals surface area contributed by atoms with Crippen molar-refractivity contribution in [3.05, 3.63) is 35.9 Å². The topological polar surface area (TPSA) is 99.0 Å². The van der Waals surface area contributed by atoms with Crippen molar-refractivity contribution in [2.75, 3.05) is 7.11 Å². The molecule has 0 aliphatic rings. The minimum atomic E-state index is -0.0394. The van der Waals surface area contributed by atoms with Gasteiger partial charge < -0.3 is 15.2 Å². The second-order valence-corrected chi connectivity index (χ2v) is 3.90. The first-order valence-corrected chi connectivity index (χ1v) is 5.59. The van der Waals surface area contributed by atoms with E-state index in [1.54, 1.807) is 37.0 Å². The molecule has 0 saturated carbocycles. The van der Waals surface area contributed by atoms with E-state index in [2.05, 4.69) is 10.1 Å². The van der Waals surface area contributed by atoms with E-state index < -0.39 is 0 Å². The fraction of sp³-hybridized carbons (Fsp3) is 0.250. The summed E-state index contributed by atoms with van der Waals surface area (Å²) in [5, 5.41) is 11.4. The van der Waals surface area contributed by atoms with Gasteiger partial charge in [0.2, 0.25) is 0 Å². The Morgan fingerprint density at radius 2 is 2.11 bits per heavy atom. The number of nitrogens with one attached hydrogen (secondary N) is 1. The Kier molecular flexibility index (Phi) is 3.65. The average Bonchev–Trinajstić information content (AvgIpc) is 2.81. The van der Waals surface area contributed by atoms with Crippen molar-refractivity contribution in [2.45, 2.75) is 6.61 Å². The summed E-state index contributed by atoms with van der Waals surface area (Å²) in [5.74, 6) is 1.81. The van der Waals surface area contributed by atoms with Crippen LogP contribution in [0.15, 0.2) is 24.5 Å². The van der Waals surface area contributed by atoms with Crippen molar-refractivity contribution in [3.8, 4) is 11.5 Å². The molecular formula is C12H15N5O2. The molecule has 1 aromatic heterocycles. The predicted molar refractivity (Wildman–Crippen MR) is 69.3 cm³/mol. The number of hydrogen-bond acceptors (Lipinski definition) is 5. The van der Waals surface area contributed by atoms with E-state index in [-0.39, 0.29) is 12.4 Å². The Morgan fingerprint density at radius 1 is 1.37 bits per heavy atom. The SMILES string of the molecule is COc1cc(OCc2ncnn2C)cc(C(=N)N)c1. The quantitative estimate of drug-likeness (QED) is 0.609. The molecule has 19 heavy (non-hydrogen) atoms. The lowest BCUT2D eigenvalue weighted by molar-refractivity contribution is 0.287. The van der Waals surface area contributed by atoms with Crippen LogP contribution in [0.3, 0.4) is 0 Å². The molecule has 100 valence electrons. The zero-order valence-corrected chi connectivity index (χ0v) is 10.8. The van der Waals surface area contributed by atoms with Gasteiger partial charge in [0, 0.05) is 18.7 Å². The first-order chi connectivity index (χ1) is 9.10. The molecule has 0 aliphatic carbocycles. The first kappa shape index (κ1) is 12.9. The van der Waals surface area contributed by atoms with Crippen LogP contribution in [0.25, 0.3) is 0 Å². The van der Waals surface area contributed by atoms with Gasteiger partial charge in [-0.3, -0.25) is 10.1 Å². The third-order valence-electron chi connectivity index (χ3n) is 2.60. The van der Waals surface area contributed by atoms with Gasteiger partial charge >= 0.3 is 0 Å². The van der Waals surface area contributed by atoms with Gasteiger partial charge in [0.05, 0.1) is 7.11 Å². The summed E-state index contributed by atoms with van der Waals surface area (Å²) in [7, 11) is 3.34. The summed E-state index contributed by atoms with van der Waals surface area (Å²) in [6.07, 6.45) is 1.46. The maximum Gasteiger partial charge on any atom is 0.164 e. The van der Waals surface area contributed by atoms with Gasteiger partial charge in [-0.2, -0.15) is 5.10 Å². The minimum absolute atomic E-state index is 0.0394. The maximum atomic E-state index is 7.45. The van der Waals surface area contributed by atoms with Crippen LogP contribution in [0.2, 0.25) is 0 Å². The second-order valence-electron chi connectivity index (χ2n) is 3.90. The van der Waals surface area contributed by atoms with Crippen molar-refractivity contribution in [3.63, 3.8) is 0 Å². The summed E-state index contributed by atoms with van der Waals surface area (Å²) in [6, 6.07) is 5.08. The van der Waals surface area contributed by atoms with Gasteiger partial charge in [0.25, 0.3) is 0 Å². The normalized spacial score (nSPS) is 10.2. The van der Waals surface area contributed by atoms with Crippen LogP contribution in [-0.2, 0) is 13.7 Å². The molecule has 0 saturated heterocycles. The highest BCUT2D eigenvalue weighted by Crippen LogP contribution is 2.23. The smallest absolute Gasteiger partial charge is 0.164 e. The average molecular weight is 261 g/mol. The molecule has 0 spiro atoms. The van der Waals surface area contributed by atoms with Crippen LogP contribution in [-0.4, -0.2) is 27.7 Å². The van der Waals surface area contributed by atoms with Gasteiger partial charge in [-0.1, -0.05) is 0 Å². The number of nitrogens with zero attached hydrogens (tertiary/aromatic N) is 3. The highest BCUT2D eigenvalue weighted by Gasteiger charge is 2.07. The van der Waals surface area contributed by atoms with Crippen LogP contribution < -0.4 is 15.2 Å². The first-order valence-electron chi connectivity index (χ1n) is 5.59. The Bertz CT molecular complexity index is 594. The molecule has 2 aromatic rings. The number of aromatic nitrogens is 3. The van der Waals surface area contributed by atoms with Crippen LogP contribution in [0.1, 0.15) is 11.4 Å². The van der Waals surface area contributed by atoms with Gasteiger partial charge in [0.15, 0.2) is 5.82 Å². The van der Waals surface area contributed by atoms with Gasteiger partial charge in [-0.25, -0.2) is 4.98 Å². The summed E-state index contributed by atoms with van der Waals surface area (Å²) in [5.41, 5.74) is 6.02. The van der Waals surface area contributed by atoms with E-state index >= 15 is 0 Å². The number of aryl methyl sites for hydroxylation is 1. The highest BCUT2D eigenvalue weighted by atomic mass is 16.5. The monoisotopic (exact) mass is 261 g/mol. The fourth-order valence-electron chi connectivity index (χ4n) is 1.53. The van der Waals surface area contributed by atoms with Crippen molar-refractivity contribution in [1.29, 1.82) is 5.41 Å². The van der Waals surface area contributed by atoms with Gasteiger partial charge in [-0.15, -0.1) is 0 Å². The minimum Gasteiger partial charge on any atom is -0.497 e. The summed E-state index contributed by atoms with van der Waals surface area (Å²) in [6.45, 7) is 0.279. The molecule has 0 radical (unpaired) electrons. The number of benzene rings is 1. The number of hydrogen-bond donors (Lipinski definition) is 2. The molecule has 0 atom stereocenters. The highest BCUT2D eigenvalue weighted by molar-refractivity contribution is 5.95. The van der Waals surface area contributed by atoms with E-state index in [1.807, 2.05) is 0 Å². The Hall–Kier alpha value is -2.57. The molecule has 0 unspecified atom stereocenters. The van der Waals surface area contributed by atoms with E-state index in [0.29, 0.717) is 22.9 Å². The lowest BCUT2D eigenvalue weighted by Crippen LogP contribution is -2.11. The van der Waals surface area contributed by atoms with Crippen molar-refractivity contribution < 1.29 is 9.47 Å². The third kappa shape index (κ3) is 3.01. The van der Waals surface area contributed by atoms with Crippen molar-refractivity contribution in [2.24, 2.45) is 12.8 Å². The standard InChI is InChI=1S/C12H15N5O2/c1-17-11(15-7-16-17)6-19-10-4-8(12(13)14)3-9(5-10)18-2/h3-5,7H,6H2,1-2H3,(H3,13,14). The maximum absolute atomic E-state index is 7.45. The molecular weight excluding hydrogens is 246 g/mol. The van der Waals surface area contributed by atoms with Gasteiger partial charge in [0.1, 0.15) is 30.3 Å². The van der Waals surface area contributed by atoms with E-state index in [1.165, 1.54) is 6.33 Å². The molecule has 0 aliphatic heterocycles. The number of rotatable bonds is 5. The molecule has 1 heterocycles. The van der Waals surface area contributed by atoms with Crippen LogP contribution >= 0.6 is 0 Å². The third-order valence-corrected chi connectivity index (χ3v) is 2.60. The fourth-order valence-corrected chi connectivity index (χ4v) is 1.53. The number of nitrogens with two attached hydrogens (primary N) is 1. The van der Waals surface area contributed by atoms with E-state index in [4.69, 9.17) is 20.6 Å². The van der Waals surface area contributed by atoms with Crippen LogP contribution in [0.4, 0.5) is 0 Å². The number of ether oxygens (including phenoxy) is 2. The van der Waals surface area contributed by atoms with Crippen LogP contribution in [0, 0.1) is 5.41 Å². The molecule has 2 rings (SSSR count). The van der Waals surface area contributed by atoms with Crippen molar-refractivity contribution in [1.82, 2.24) is 14.8 Å². The summed E-state index contributed by atoms with van der Waals surface area (Å²) in [4.78, 5) is 4.06. The lowest BCUT2D eigenvalue weighted by Gasteiger charge is -2.09. The summed E-state index contributed by atoms with van der Waals surface area (Å²) >= 11 is 0. The molecule has 7 heteroatoms. The molecule has 3 N–H and O–H groups in total. The number of methoxy groups -OCH3 is 1. The van der Waals surface area contributed by atoms with Gasteiger partial charge in [-0.05, 0) is 12.1 Å². The zero-order valence-electron chi connectivity index (χ0n) is 10.8. The van der Waals surface area contributed by atoms with Crippen LogP contribution in [0.5, 0.6) is 11.5 Å². The number of amidine groups is 1. The molecule has 7 nitrogen and oxygen atoms in total. The Labute approximate surface area is 110 Å². The molecule has 1 aromatic carbocycles. The predicted octanol–water partition coefficient (Wildman–Crippen LogP) is 0.687. The lowest BCUT2D eigenvalue weighted by atomic mass is 10.2. The largest absolute Gasteiger partial charge is 0.497 e. The second kappa shape index (κ2) is 5.38. The Balaban J connectivity index is 2.17. The van der Waals surface area contributed by atoms with E-state index in [0.717, 1.165) is 0 Å². The van der Waals surface area contributed by atoms with Crippen molar-refractivity contribution >= 4 is 5.84 Å². The molecule has 0 fully saturated rings. The Morgan fingerprint density at radius 3 is 2.68 bits per heavy atom. The van der Waals surface area contributed by atoms with E-state index in [9.17, 15) is 0 Å². The number of nitrogen functional groups attached to an aromatic ring is 1. The molecule has 0 amide bonds. The zero-order chi connectivity index (χ0) is 13.8.